The van der Waals surface area contributed by atoms with Crippen LogP contribution in [-0.2, 0) is 0 Å². The van der Waals surface area contributed by atoms with E-state index in [0.29, 0.717) is 5.56 Å². The van der Waals surface area contributed by atoms with E-state index in [2.05, 4.69) is 16.8 Å². The van der Waals surface area contributed by atoms with Crippen molar-refractivity contribution in [3.05, 3.63) is 29.6 Å². The molecule has 0 aliphatic heterocycles. The van der Waals surface area contributed by atoms with Crippen LogP contribution in [0.5, 0.6) is 0 Å². The van der Waals surface area contributed by atoms with Crippen molar-refractivity contribution in [2.24, 2.45) is 5.73 Å². The summed E-state index contributed by atoms with van der Waals surface area (Å²) in [6.07, 6.45) is 1.54. The minimum Gasteiger partial charge on any atom is -0.394 e. The Labute approximate surface area is 113 Å². The monoisotopic (exact) mass is 261 g/mol. The maximum atomic E-state index is 12.4. The number of hydrogen-bond acceptors (Lipinski definition) is 4. The smallest absolute Gasteiger partial charge is 0.274 e. The summed E-state index contributed by atoms with van der Waals surface area (Å²) in [6.45, 7) is 3.64. The molecule has 0 bridgehead atoms. The number of carbonyl (C=O) groups excluding carboxylic acids is 1. The van der Waals surface area contributed by atoms with Crippen molar-refractivity contribution in [3.8, 4) is 11.8 Å². The maximum absolute atomic E-state index is 12.4. The van der Waals surface area contributed by atoms with Gasteiger partial charge in [-0.15, -0.1) is 0 Å². The van der Waals surface area contributed by atoms with E-state index in [9.17, 15) is 9.90 Å². The molecular formula is C14H19N3O2. The van der Waals surface area contributed by atoms with E-state index in [-0.39, 0.29) is 24.8 Å². The van der Waals surface area contributed by atoms with E-state index in [1.807, 2.05) is 0 Å². The molecule has 0 unspecified atom stereocenters. The van der Waals surface area contributed by atoms with Crippen LogP contribution in [0, 0.1) is 11.8 Å². The SMILES string of the molecule is CN(C(=O)c1ncccc1C#CCN)C(C)(C)CO. The van der Waals surface area contributed by atoms with Gasteiger partial charge in [-0.3, -0.25) is 4.79 Å². The van der Waals surface area contributed by atoms with Gasteiger partial charge in [0, 0.05) is 13.2 Å². The standard InChI is InChI=1S/C14H19N3O2/c1-14(2,10-18)17(3)13(19)12-11(6-4-8-15)7-5-9-16-12/h5,7,9,18H,8,10,15H2,1-3H3. The average Bonchev–Trinajstić information content (AvgIpc) is 2.43. The third-order valence-electron chi connectivity index (χ3n) is 2.93. The van der Waals surface area contributed by atoms with Gasteiger partial charge < -0.3 is 15.7 Å². The lowest BCUT2D eigenvalue weighted by atomic mass is 10.0. The van der Waals surface area contributed by atoms with Gasteiger partial charge in [0.05, 0.1) is 24.3 Å². The number of hydrogen-bond donors (Lipinski definition) is 2. The molecule has 0 aliphatic rings. The molecule has 0 saturated heterocycles. The molecule has 0 fully saturated rings. The van der Waals surface area contributed by atoms with Crippen LogP contribution < -0.4 is 5.73 Å². The number of rotatable bonds is 3. The minimum atomic E-state index is -0.660. The van der Waals surface area contributed by atoms with Crippen LogP contribution >= 0.6 is 0 Å². The van der Waals surface area contributed by atoms with Gasteiger partial charge in [0.25, 0.3) is 5.91 Å². The summed E-state index contributed by atoms with van der Waals surface area (Å²) in [5.74, 6) is 5.26. The molecule has 1 aromatic heterocycles. The van der Waals surface area contributed by atoms with Crippen molar-refractivity contribution in [1.82, 2.24) is 9.88 Å². The number of pyridine rings is 1. The Morgan fingerprint density at radius 2 is 2.26 bits per heavy atom. The zero-order valence-electron chi connectivity index (χ0n) is 11.5. The Balaban J connectivity index is 3.13. The molecular weight excluding hydrogens is 242 g/mol. The summed E-state index contributed by atoms with van der Waals surface area (Å²) in [4.78, 5) is 17.9. The van der Waals surface area contributed by atoms with Crippen molar-refractivity contribution in [1.29, 1.82) is 0 Å². The molecule has 3 N–H and O–H groups in total. The van der Waals surface area contributed by atoms with Crippen LogP contribution in [0.3, 0.4) is 0 Å². The number of likely N-dealkylation sites (N-methyl/N-ethyl adjacent to an activating group) is 1. The van der Waals surface area contributed by atoms with E-state index in [1.54, 1.807) is 39.2 Å². The average molecular weight is 261 g/mol. The number of aliphatic hydroxyl groups is 1. The summed E-state index contributed by atoms with van der Waals surface area (Å²) >= 11 is 0. The van der Waals surface area contributed by atoms with Gasteiger partial charge in [0.1, 0.15) is 5.69 Å². The van der Waals surface area contributed by atoms with Crippen LogP contribution in [0.2, 0.25) is 0 Å². The highest BCUT2D eigenvalue weighted by molar-refractivity contribution is 5.95. The largest absolute Gasteiger partial charge is 0.394 e. The van der Waals surface area contributed by atoms with Crippen molar-refractivity contribution < 1.29 is 9.90 Å². The lowest BCUT2D eigenvalue weighted by molar-refractivity contribution is 0.0467. The summed E-state index contributed by atoms with van der Waals surface area (Å²) in [7, 11) is 1.63. The second-order valence-corrected chi connectivity index (χ2v) is 4.74. The summed E-state index contributed by atoms with van der Waals surface area (Å²) < 4.78 is 0. The molecule has 5 nitrogen and oxygen atoms in total. The van der Waals surface area contributed by atoms with Gasteiger partial charge in [-0.05, 0) is 26.0 Å². The van der Waals surface area contributed by atoms with E-state index in [0.717, 1.165) is 0 Å². The summed E-state index contributed by atoms with van der Waals surface area (Å²) in [5.41, 5.74) is 5.48. The number of amides is 1. The fourth-order valence-electron chi connectivity index (χ4n) is 1.36. The Kier molecular flexibility index (Phi) is 5.04. The summed E-state index contributed by atoms with van der Waals surface area (Å²) in [6, 6.07) is 3.44. The van der Waals surface area contributed by atoms with Crippen molar-refractivity contribution in [2.75, 3.05) is 20.2 Å². The molecule has 1 aromatic rings. The van der Waals surface area contributed by atoms with E-state index in [4.69, 9.17) is 5.73 Å². The number of nitrogens with zero attached hydrogens (tertiary/aromatic N) is 2. The van der Waals surface area contributed by atoms with Gasteiger partial charge in [-0.25, -0.2) is 4.98 Å². The van der Waals surface area contributed by atoms with Crippen LogP contribution in [0.1, 0.15) is 29.9 Å². The molecule has 5 heteroatoms. The van der Waals surface area contributed by atoms with Gasteiger partial charge in [-0.2, -0.15) is 0 Å². The van der Waals surface area contributed by atoms with Crippen LogP contribution in [0.25, 0.3) is 0 Å². The molecule has 0 aromatic carbocycles. The first kappa shape index (κ1) is 15.2. The normalized spacial score (nSPS) is 10.6. The first-order chi connectivity index (χ1) is 8.94. The van der Waals surface area contributed by atoms with Crippen LogP contribution in [0.15, 0.2) is 18.3 Å². The molecule has 1 rings (SSSR count). The molecule has 0 aliphatic carbocycles. The Morgan fingerprint density at radius 3 is 2.84 bits per heavy atom. The number of aliphatic hydroxyl groups excluding tert-OH is 1. The van der Waals surface area contributed by atoms with E-state index in [1.165, 1.54) is 4.90 Å². The van der Waals surface area contributed by atoms with Crippen LogP contribution in [0.4, 0.5) is 0 Å². The lowest BCUT2D eigenvalue weighted by Crippen LogP contribution is -2.48. The maximum Gasteiger partial charge on any atom is 0.274 e. The fourth-order valence-corrected chi connectivity index (χ4v) is 1.36. The number of nitrogens with two attached hydrogens (primary N) is 1. The number of carbonyl (C=O) groups is 1. The molecule has 0 saturated carbocycles. The van der Waals surface area contributed by atoms with Gasteiger partial charge in [-0.1, -0.05) is 11.8 Å². The highest BCUT2D eigenvalue weighted by Gasteiger charge is 2.29. The van der Waals surface area contributed by atoms with Crippen LogP contribution in [-0.4, -0.2) is 46.6 Å². The van der Waals surface area contributed by atoms with Crippen molar-refractivity contribution >= 4 is 5.91 Å². The van der Waals surface area contributed by atoms with Gasteiger partial charge >= 0.3 is 0 Å². The van der Waals surface area contributed by atoms with Gasteiger partial charge in [0.2, 0.25) is 0 Å². The lowest BCUT2D eigenvalue weighted by Gasteiger charge is -2.33. The molecule has 0 radical (unpaired) electrons. The highest BCUT2D eigenvalue weighted by Crippen LogP contribution is 2.16. The highest BCUT2D eigenvalue weighted by atomic mass is 16.3. The predicted molar refractivity (Wildman–Crippen MR) is 73.4 cm³/mol. The molecule has 102 valence electrons. The van der Waals surface area contributed by atoms with Crippen molar-refractivity contribution in [2.45, 2.75) is 19.4 Å². The molecule has 1 heterocycles. The first-order valence-corrected chi connectivity index (χ1v) is 5.97. The second kappa shape index (κ2) is 6.32. The topological polar surface area (TPSA) is 79.5 Å². The minimum absolute atomic E-state index is 0.133. The fraction of sp³-hybridized carbons (Fsp3) is 0.429. The number of aromatic nitrogens is 1. The Morgan fingerprint density at radius 1 is 1.58 bits per heavy atom. The molecule has 1 amide bonds. The van der Waals surface area contributed by atoms with Gasteiger partial charge in [0.15, 0.2) is 0 Å². The molecule has 0 atom stereocenters. The Hall–Kier alpha value is -1.90. The Bertz CT molecular complexity index is 515. The van der Waals surface area contributed by atoms with Crippen molar-refractivity contribution in [3.63, 3.8) is 0 Å². The third-order valence-corrected chi connectivity index (χ3v) is 2.93. The molecule has 19 heavy (non-hydrogen) atoms. The van der Waals surface area contributed by atoms with E-state index < -0.39 is 5.54 Å². The van der Waals surface area contributed by atoms with E-state index >= 15 is 0 Å². The predicted octanol–water partition coefficient (Wildman–Crippen LogP) is 0.235. The quantitative estimate of drug-likeness (QED) is 0.764. The third kappa shape index (κ3) is 3.53. The zero-order valence-corrected chi connectivity index (χ0v) is 11.5. The molecule has 0 spiro atoms. The zero-order chi connectivity index (χ0) is 14.5. The first-order valence-electron chi connectivity index (χ1n) is 5.97. The summed E-state index contributed by atoms with van der Waals surface area (Å²) in [5, 5.41) is 9.31. The second-order valence-electron chi connectivity index (χ2n) is 4.74.